The number of rotatable bonds is 9. The Morgan fingerprint density at radius 2 is 2.07 bits per heavy atom. The van der Waals surface area contributed by atoms with Gasteiger partial charge in [-0.05, 0) is 13.0 Å². The van der Waals surface area contributed by atoms with E-state index in [0.29, 0.717) is 25.7 Å². The fraction of sp³-hybridized carbons (Fsp3) is 0.900. The summed E-state index contributed by atoms with van der Waals surface area (Å²) in [7, 11) is 1.59. The summed E-state index contributed by atoms with van der Waals surface area (Å²) < 4.78 is 4.76. The van der Waals surface area contributed by atoms with Crippen molar-refractivity contribution in [1.82, 2.24) is 10.8 Å². The summed E-state index contributed by atoms with van der Waals surface area (Å²) in [5, 5.41) is 3.24. The van der Waals surface area contributed by atoms with Crippen LogP contribution in [0.2, 0.25) is 0 Å². The van der Waals surface area contributed by atoms with Crippen LogP contribution in [0, 0.1) is 0 Å². The first-order valence-electron chi connectivity index (χ1n) is 5.29. The topological polar surface area (TPSA) is 59.6 Å². The van der Waals surface area contributed by atoms with Crippen LogP contribution < -0.4 is 10.8 Å². The minimum absolute atomic E-state index is 0.0864. The van der Waals surface area contributed by atoms with E-state index in [1.807, 2.05) is 0 Å². The molecule has 0 rings (SSSR count). The van der Waals surface area contributed by atoms with Crippen molar-refractivity contribution in [3.63, 3.8) is 0 Å². The van der Waals surface area contributed by atoms with Crippen LogP contribution in [0.25, 0.3) is 0 Å². The molecule has 0 spiro atoms. The third-order valence-electron chi connectivity index (χ3n) is 1.71. The van der Waals surface area contributed by atoms with Gasteiger partial charge in [-0.1, -0.05) is 13.8 Å². The summed E-state index contributed by atoms with van der Waals surface area (Å²) in [6, 6.07) is 0.464. The first kappa shape index (κ1) is 14.3. The van der Waals surface area contributed by atoms with Gasteiger partial charge in [0.2, 0.25) is 5.91 Å². The van der Waals surface area contributed by atoms with Crippen molar-refractivity contribution in [1.29, 1.82) is 0 Å². The lowest BCUT2D eigenvalue weighted by molar-refractivity contribution is -0.134. The molecule has 0 aliphatic carbocycles. The summed E-state index contributed by atoms with van der Waals surface area (Å²) in [5.74, 6) is -0.0864. The first-order valence-corrected chi connectivity index (χ1v) is 5.29. The van der Waals surface area contributed by atoms with E-state index >= 15 is 0 Å². The van der Waals surface area contributed by atoms with Crippen molar-refractivity contribution in [2.24, 2.45) is 0 Å². The Bertz CT molecular complexity index is 163. The number of carbonyl (C=O) groups excluding carboxylic acids is 1. The van der Waals surface area contributed by atoms with Crippen LogP contribution in [0.4, 0.5) is 0 Å². The zero-order valence-corrected chi connectivity index (χ0v) is 9.84. The molecular weight excluding hydrogens is 196 g/mol. The van der Waals surface area contributed by atoms with Gasteiger partial charge in [-0.3, -0.25) is 9.63 Å². The minimum Gasteiger partial charge on any atom is -0.382 e. The van der Waals surface area contributed by atoms with Crippen LogP contribution in [0.15, 0.2) is 0 Å². The molecule has 5 heteroatoms. The fourth-order valence-electron chi connectivity index (χ4n) is 0.947. The highest BCUT2D eigenvalue weighted by Gasteiger charge is 2.00. The Morgan fingerprint density at radius 3 is 2.67 bits per heavy atom. The Kier molecular flexibility index (Phi) is 9.46. The molecule has 0 aromatic carbocycles. The lowest BCUT2D eigenvalue weighted by atomic mass is 10.3. The summed E-state index contributed by atoms with van der Waals surface area (Å²) in [5.41, 5.74) is 2.36. The molecular formula is C10H22N2O3. The average Bonchev–Trinajstić information content (AvgIpc) is 2.19. The molecule has 0 bridgehead atoms. The van der Waals surface area contributed by atoms with Gasteiger partial charge in [0, 0.05) is 19.6 Å². The molecule has 0 aromatic heterocycles. The SMILES string of the molecule is COCCONC(=O)CCCNC(C)C. The maximum Gasteiger partial charge on any atom is 0.243 e. The molecule has 0 fully saturated rings. The van der Waals surface area contributed by atoms with Crippen molar-refractivity contribution >= 4 is 5.91 Å². The van der Waals surface area contributed by atoms with Crippen LogP contribution in [0.5, 0.6) is 0 Å². The van der Waals surface area contributed by atoms with Gasteiger partial charge in [-0.15, -0.1) is 0 Å². The molecule has 0 aromatic rings. The van der Waals surface area contributed by atoms with Crippen molar-refractivity contribution < 1.29 is 14.4 Å². The largest absolute Gasteiger partial charge is 0.382 e. The van der Waals surface area contributed by atoms with Gasteiger partial charge in [0.1, 0.15) is 0 Å². The maximum absolute atomic E-state index is 11.1. The summed E-state index contributed by atoms with van der Waals surface area (Å²) in [6.45, 7) is 5.87. The van der Waals surface area contributed by atoms with E-state index in [-0.39, 0.29) is 5.91 Å². The van der Waals surface area contributed by atoms with Gasteiger partial charge in [0.25, 0.3) is 0 Å². The second-order valence-electron chi connectivity index (χ2n) is 3.58. The van der Waals surface area contributed by atoms with Crippen molar-refractivity contribution in [2.45, 2.75) is 32.7 Å². The Labute approximate surface area is 91.5 Å². The van der Waals surface area contributed by atoms with E-state index in [2.05, 4.69) is 24.6 Å². The molecule has 0 heterocycles. The highest BCUT2D eigenvalue weighted by Crippen LogP contribution is 1.88. The Hall–Kier alpha value is -0.650. The minimum atomic E-state index is -0.0864. The highest BCUT2D eigenvalue weighted by atomic mass is 16.7. The van der Waals surface area contributed by atoms with Crippen LogP contribution in [-0.4, -0.2) is 38.8 Å². The van der Waals surface area contributed by atoms with E-state index < -0.39 is 0 Å². The molecule has 0 aliphatic rings. The van der Waals surface area contributed by atoms with Gasteiger partial charge < -0.3 is 10.1 Å². The molecule has 0 saturated carbocycles. The summed E-state index contributed by atoms with van der Waals surface area (Å²) in [6.07, 6.45) is 1.30. The van der Waals surface area contributed by atoms with Crippen LogP contribution in [-0.2, 0) is 14.4 Å². The molecule has 5 nitrogen and oxygen atoms in total. The van der Waals surface area contributed by atoms with Crippen molar-refractivity contribution in [2.75, 3.05) is 26.9 Å². The number of carbonyl (C=O) groups is 1. The third-order valence-corrected chi connectivity index (χ3v) is 1.71. The quantitative estimate of drug-likeness (QED) is 0.436. The lowest BCUT2D eigenvalue weighted by Crippen LogP contribution is -2.28. The predicted molar refractivity (Wildman–Crippen MR) is 58.3 cm³/mol. The molecule has 2 N–H and O–H groups in total. The van der Waals surface area contributed by atoms with E-state index in [9.17, 15) is 4.79 Å². The predicted octanol–water partition coefficient (Wildman–Crippen LogP) is 0.459. The number of hydrogen-bond acceptors (Lipinski definition) is 4. The molecule has 0 aliphatic heterocycles. The molecule has 0 unspecified atom stereocenters. The second-order valence-corrected chi connectivity index (χ2v) is 3.58. The third kappa shape index (κ3) is 11.3. The van der Waals surface area contributed by atoms with Crippen LogP contribution >= 0.6 is 0 Å². The van der Waals surface area contributed by atoms with Gasteiger partial charge in [0.05, 0.1) is 13.2 Å². The van der Waals surface area contributed by atoms with Gasteiger partial charge in [0.15, 0.2) is 0 Å². The number of amides is 1. The molecule has 15 heavy (non-hydrogen) atoms. The highest BCUT2D eigenvalue weighted by molar-refractivity contribution is 5.74. The van der Waals surface area contributed by atoms with Gasteiger partial charge in [-0.25, -0.2) is 5.48 Å². The number of methoxy groups -OCH3 is 1. The van der Waals surface area contributed by atoms with E-state index in [1.54, 1.807) is 7.11 Å². The van der Waals surface area contributed by atoms with Crippen molar-refractivity contribution in [3.05, 3.63) is 0 Å². The summed E-state index contributed by atoms with van der Waals surface area (Å²) >= 11 is 0. The molecule has 90 valence electrons. The van der Waals surface area contributed by atoms with Crippen LogP contribution in [0.1, 0.15) is 26.7 Å². The maximum atomic E-state index is 11.1. The smallest absolute Gasteiger partial charge is 0.243 e. The van der Waals surface area contributed by atoms with Crippen molar-refractivity contribution in [3.8, 4) is 0 Å². The normalized spacial score (nSPS) is 10.7. The zero-order chi connectivity index (χ0) is 11.5. The van der Waals surface area contributed by atoms with Gasteiger partial charge >= 0.3 is 0 Å². The number of ether oxygens (including phenoxy) is 1. The molecule has 0 saturated heterocycles. The molecule has 1 amide bonds. The Balaban J connectivity index is 3.19. The molecule has 0 atom stereocenters. The second kappa shape index (κ2) is 9.89. The summed E-state index contributed by atoms with van der Waals surface area (Å²) in [4.78, 5) is 16.0. The van der Waals surface area contributed by atoms with E-state index in [4.69, 9.17) is 9.57 Å². The number of hydrogen-bond donors (Lipinski definition) is 2. The zero-order valence-electron chi connectivity index (χ0n) is 9.84. The lowest BCUT2D eigenvalue weighted by Gasteiger charge is -2.08. The Morgan fingerprint density at radius 1 is 1.33 bits per heavy atom. The number of hydroxylamine groups is 1. The van der Waals surface area contributed by atoms with Gasteiger partial charge in [-0.2, -0.15) is 0 Å². The average molecular weight is 218 g/mol. The van der Waals surface area contributed by atoms with Crippen LogP contribution in [0.3, 0.4) is 0 Å². The molecule has 0 radical (unpaired) electrons. The van der Waals surface area contributed by atoms with E-state index in [1.165, 1.54) is 0 Å². The fourth-order valence-corrected chi connectivity index (χ4v) is 0.947. The first-order chi connectivity index (χ1) is 7.16. The standard InChI is InChI=1S/C10H22N2O3/c1-9(2)11-6-4-5-10(13)12-15-8-7-14-3/h9,11H,4-8H2,1-3H3,(H,12,13). The monoisotopic (exact) mass is 218 g/mol. The van der Waals surface area contributed by atoms with E-state index in [0.717, 1.165) is 13.0 Å². The number of nitrogens with one attached hydrogen (secondary N) is 2.